The lowest BCUT2D eigenvalue weighted by molar-refractivity contribution is 0.177. The molecular formula is C12H19FN2O3S. The lowest BCUT2D eigenvalue weighted by Gasteiger charge is -2.19. The summed E-state index contributed by atoms with van der Waals surface area (Å²) < 4.78 is 39.4. The predicted octanol–water partition coefficient (Wildman–Crippen LogP) is 1.11. The van der Waals surface area contributed by atoms with Crippen LogP contribution in [0.5, 0.6) is 0 Å². The summed E-state index contributed by atoms with van der Waals surface area (Å²) in [5, 5.41) is 9.16. The minimum Gasteiger partial charge on any atom is -0.399 e. The van der Waals surface area contributed by atoms with Crippen LogP contribution in [-0.2, 0) is 10.0 Å². The van der Waals surface area contributed by atoms with Gasteiger partial charge in [0.05, 0.1) is 6.10 Å². The molecule has 1 aromatic rings. The van der Waals surface area contributed by atoms with Gasteiger partial charge in [0.15, 0.2) is 0 Å². The maximum Gasteiger partial charge on any atom is 0.245 e. The van der Waals surface area contributed by atoms with Crippen molar-refractivity contribution in [3.05, 3.63) is 23.5 Å². The van der Waals surface area contributed by atoms with Crippen LogP contribution < -0.4 is 5.73 Å². The van der Waals surface area contributed by atoms with E-state index in [-0.39, 0.29) is 24.2 Å². The number of nitrogen functional groups attached to an aromatic ring is 1. The number of hydrogen-bond acceptors (Lipinski definition) is 4. The van der Waals surface area contributed by atoms with E-state index in [2.05, 4.69) is 0 Å². The number of rotatable bonds is 5. The smallest absolute Gasteiger partial charge is 0.245 e. The Balaban J connectivity index is 3.13. The molecule has 0 saturated carbocycles. The first kappa shape index (κ1) is 15.9. The van der Waals surface area contributed by atoms with Gasteiger partial charge < -0.3 is 10.8 Å². The van der Waals surface area contributed by atoms with Crippen LogP contribution in [0.15, 0.2) is 17.0 Å². The summed E-state index contributed by atoms with van der Waals surface area (Å²) in [6.45, 7) is 3.12. The topological polar surface area (TPSA) is 83.6 Å². The summed E-state index contributed by atoms with van der Waals surface area (Å²) in [4.78, 5) is -0.432. The molecule has 0 amide bonds. The number of nitrogens with two attached hydrogens (primary N) is 1. The van der Waals surface area contributed by atoms with Gasteiger partial charge in [-0.3, -0.25) is 0 Å². The van der Waals surface area contributed by atoms with Crippen LogP contribution >= 0.6 is 0 Å². The van der Waals surface area contributed by atoms with Crippen molar-refractivity contribution in [3.8, 4) is 0 Å². The van der Waals surface area contributed by atoms with Crippen LogP contribution in [0.1, 0.15) is 18.9 Å². The molecule has 3 N–H and O–H groups in total. The Hall–Kier alpha value is -1.18. The van der Waals surface area contributed by atoms with E-state index in [1.54, 1.807) is 6.92 Å². The molecule has 0 saturated heterocycles. The molecule has 5 nitrogen and oxygen atoms in total. The second kappa shape index (κ2) is 5.85. The van der Waals surface area contributed by atoms with Crippen molar-refractivity contribution >= 4 is 15.7 Å². The summed E-state index contributed by atoms with van der Waals surface area (Å²) in [7, 11) is -2.60. The Labute approximate surface area is 112 Å². The van der Waals surface area contributed by atoms with Crippen LogP contribution in [0, 0.1) is 12.7 Å². The molecule has 1 aromatic carbocycles. The predicted molar refractivity (Wildman–Crippen MR) is 71.7 cm³/mol. The van der Waals surface area contributed by atoms with Crippen LogP contribution in [0.4, 0.5) is 10.1 Å². The van der Waals surface area contributed by atoms with Crippen molar-refractivity contribution < 1.29 is 17.9 Å². The first-order chi connectivity index (χ1) is 8.66. The zero-order valence-corrected chi connectivity index (χ0v) is 12.0. The number of anilines is 1. The quantitative estimate of drug-likeness (QED) is 0.796. The lowest BCUT2D eigenvalue weighted by atomic mass is 10.2. The van der Waals surface area contributed by atoms with Gasteiger partial charge in [-0.15, -0.1) is 0 Å². The number of benzene rings is 1. The van der Waals surface area contributed by atoms with E-state index < -0.39 is 26.8 Å². The van der Waals surface area contributed by atoms with Gasteiger partial charge in [-0.25, -0.2) is 17.1 Å². The fourth-order valence-corrected chi connectivity index (χ4v) is 2.96. The minimum absolute atomic E-state index is 0.104. The molecule has 19 heavy (non-hydrogen) atoms. The second-order valence-electron chi connectivity index (χ2n) is 4.61. The Kier molecular flexibility index (Phi) is 4.89. The average molecular weight is 290 g/mol. The van der Waals surface area contributed by atoms with E-state index in [9.17, 15) is 12.8 Å². The molecule has 0 spiro atoms. The van der Waals surface area contributed by atoms with E-state index in [1.165, 1.54) is 20.0 Å². The lowest BCUT2D eigenvalue weighted by Crippen LogP contribution is -2.30. The Morgan fingerprint density at radius 2 is 2.05 bits per heavy atom. The maximum absolute atomic E-state index is 13.9. The van der Waals surface area contributed by atoms with Gasteiger partial charge in [0, 0.05) is 19.3 Å². The van der Waals surface area contributed by atoms with Crippen molar-refractivity contribution in [3.63, 3.8) is 0 Å². The molecule has 0 aromatic heterocycles. The molecule has 0 bridgehead atoms. The third-order valence-corrected chi connectivity index (χ3v) is 4.65. The monoisotopic (exact) mass is 290 g/mol. The van der Waals surface area contributed by atoms with Crippen molar-refractivity contribution in [1.29, 1.82) is 0 Å². The molecule has 1 unspecified atom stereocenters. The highest BCUT2D eigenvalue weighted by Gasteiger charge is 2.25. The molecule has 0 aliphatic carbocycles. The second-order valence-corrected chi connectivity index (χ2v) is 6.63. The fourth-order valence-electron chi connectivity index (χ4n) is 1.61. The first-order valence-corrected chi connectivity index (χ1v) is 7.30. The molecule has 1 rings (SSSR count). The summed E-state index contributed by atoms with van der Waals surface area (Å²) in [6, 6.07) is 2.49. The van der Waals surface area contributed by atoms with Crippen LogP contribution in [0.2, 0.25) is 0 Å². The highest BCUT2D eigenvalue weighted by Crippen LogP contribution is 2.24. The van der Waals surface area contributed by atoms with Crippen LogP contribution in [-0.4, -0.2) is 37.5 Å². The third kappa shape index (κ3) is 3.65. The van der Waals surface area contributed by atoms with E-state index in [0.717, 1.165) is 10.4 Å². The van der Waals surface area contributed by atoms with Crippen molar-refractivity contribution in [2.75, 3.05) is 19.3 Å². The van der Waals surface area contributed by atoms with Crippen LogP contribution in [0.25, 0.3) is 0 Å². The molecule has 1 atom stereocenters. The highest BCUT2D eigenvalue weighted by atomic mass is 32.2. The molecule has 0 aliphatic rings. The Morgan fingerprint density at radius 1 is 1.47 bits per heavy atom. The van der Waals surface area contributed by atoms with E-state index >= 15 is 0 Å². The van der Waals surface area contributed by atoms with Gasteiger partial charge in [0.25, 0.3) is 0 Å². The largest absolute Gasteiger partial charge is 0.399 e. The Morgan fingerprint density at radius 3 is 2.58 bits per heavy atom. The van der Waals surface area contributed by atoms with Crippen molar-refractivity contribution in [2.45, 2.75) is 31.3 Å². The van der Waals surface area contributed by atoms with E-state index in [1.807, 2.05) is 0 Å². The molecular weight excluding hydrogens is 271 g/mol. The third-order valence-electron chi connectivity index (χ3n) is 2.79. The van der Waals surface area contributed by atoms with Gasteiger partial charge in [-0.1, -0.05) is 0 Å². The van der Waals surface area contributed by atoms with Gasteiger partial charge in [0.2, 0.25) is 10.0 Å². The first-order valence-electron chi connectivity index (χ1n) is 5.86. The average Bonchev–Trinajstić information content (AvgIpc) is 2.30. The normalized spacial score (nSPS) is 13.8. The Bertz CT molecular complexity index is 558. The highest BCUT2D eigenvalue weighted by molar-refractivity contribution is 7.89. The number of halogens is 1. The molecule has 0 aliphatic heterocycles. The SMILES string of the molecule is Cc1cc(N)cc(S(=O)(=O)N(C)CCC(C)O)c1F. The van der Waals surface area contributed by atoms with Crippen molar-refractivity contribution in [2.24, 2.45) is 0 Å². The van der Waals surface area contributed by atoms with E-state index in [0.29, 0.717) is 0 Å². The number of nitrogens with zero attached hydrogens (tertiary/aromatic N) is 1. The van der Waals surface area contributed by atoms with E-state index in [4.69, 9.17) is 10.8 Å². The molecule has 7 heteroatoms. The number of aliphatic hydroxyl groups excluding tert-OH is 1. The fraction of sp³-hybridized carbons (Fsp3) is 0.500. The summed E-state index contributed by atoms with van der Waals surface area (Å²) in [5.74, 6) is -0.793. The summed E-state index contributed by atoms with van der Waals surface area (Å²) >= 11 is 0. The summed E-state index contributed by atoms with van der Waals surface area (Å²) in [6.07, 6.45) is -0.344. The van der Waals surface area contributed by atoms with Gasteiger partial charge in [-0.2, -0.15) is 0 Å². The minimum atomic E-state index is -3.94. The van der Waals surface area contributed by atoms with Crippen LogP contribution in [0.3, 0.4) is 0 Å². The maximum atomic E-state index is 13.9. The summed E-state index contributed by atoms with van der Waals surface area (Å²) in [5.41, 5.74) is 5.94. The van der Waals surface area contributed by atoms with Gasteiger partial charge in [0.1, 0.15) is 10.7 Å². The zero-order valence-electron chi connectivity index (χ0n) is 11.2. The number of sulfonamides is 1. The molecule has 0 fully saturated rings. The number of aliphatic hydroxyl groups is 1. The number of aryl methyl sites for hydroxylation is 1. The van der Waals surface area contributed by atoms with Crippen molar-refractivity contribution in [1.82, 2.24) is 4.31 Å². The zero-order chi connectivity index (χ0) is 14.8. The molecule has 108 valence electrons. The standard InChI is InChI=1S/C12H19FN2O3S/c1-8-6-10(14)7-11(12(8)13)19(17,18)15(3)5-4-9(2)16/h6-7,9,16H,4-5,14H2,1-3H3. The molecule has 0 heterocycles. The molecule has 0 radical (unpaired) electrons. The number of hydrogen-bond donors (Lipinski definition) is 2. The van der Waals surface area contributed by atoms with Gasteiger partial charge >= 0.3 is 0 Å². The van der Waals surface area contributed by atoms with Gasteiger partial charge in [-0.05, 0) is 38.0 Å².